The van der Waals surface area contributed by atoms with Crippen LogP contribution in [-0.2, 0) is 5.75 Å². The van der Waals surface area contributed by atoms with Crippen molar-refractivity contribution in [2.45, 2.75) is 10.9 Å². The van der Waals surface area contributed by atoms with Gasteiger partial charge in [-0.3, -0.25) is 0 Å². The molecule has 0 spiro atoms. The second-order valence-corrected chi connectivity index (χ2v) is 5.43. The maximum atomic E-state index is 13.2. The Hall–Kier alpha value is -2.41. The van der Waals surface area contributed by atoms with Crippen molar-refractivity contribution in [3.8, 4) is 11.4 Å². The van der Waals surface area contributed by atoms with E-state index in [4.69, 9.17) is 4.74 Å². The van der Waals surface area contributed by atoms with Gasteiger partial charge in [-0.15, -0.1) is 5.10 Å². The maximum absolute atomic E-state index is 13.2. The average Bonchev–Trinajstić information content (AvgIpc) is 3.01. The molecule has 0 atom stereocenters. The standard InChI is InChI=1S/C15H13FN4OS/c1-21-14-7-5-13(6-8-14)20-15(17-18-19-20)22-10-11-3-2-4-12(16)9-11/h2-9H,10H2,1H3. The summed E-state index contributed by atoms with van der Waals surface area (Å²) in [6.45, 7) is 0. The van der Waals surface area contributed by atoms with Crippen LogP contribution in [0, 0.1) is 5.82 Å². The Labute approximate surface area is 131 Å². The summed E-state index contributed by atoms with van der Waals surface area (Å²) < 4.78 is 20.0. The molecule has 5 nitrogen and oxygen atoms in total. The number of methoxy groups -OCH3 is 1. The summed E-state index contributed by atoms with van der Waals surface area (Å²) in [6.07, 6.45) is 0. The molecule has 0 amide bonds. The van der Waals surface area contributed by atoms with Crippen molar-refractivity contribution < 1.29 is 9.13 Å². The van der Waals surface area contributed by atoms with E-state index < -0.39 is 0 Å². The van der Waals surface area contributed by atoms with Crippen LogP contribution in [0.5, 0.6) is 5.75 Å². The molecule has 0 radical (unpaired) electrons. The third kappa shape index (κ3) is 3.25. The molecule has 112 valence electrons. The minimum atomic E-state index is -0.243. The van der Waals surface area contributed by atoms with Crippen molar-refractivity contribution >= 4 is 11.8 Å². The maximum Gasteiger partial charge on any atom is 0.214 e. The van der Waals surface area contributed by atoms with Gasteiger partial charge in [0.05, 0.1) is 12.8 Å². The zero-order valence-corrected chi connectivity index (χ0v) is 12.6. The molecule has 0 fully saturated rings. The van der Waals surface area contributed by atoms with E-state index in [2.05, 4.69) is 15.5 Å². The van der Waals surface area contributed by atoms with E-state index in [-0.39, 0.29) is 5.82 Å². The van der Waals surface area contributed by atoms with Gasteiger partial charge in [0.25, 0.3) is 0 Å². The topological polar surface area (TPSA) is 52.8 Å². The van der Waals surface area contributed by atoms with E-state index in [0.717, 1.165) is 17.0 Å². The first-order valence-corrected chi connectivity index (χ1v) is 7.55. The number of rotatable bonds is 5. The lowest BCUT2D eigenvalue weighted by molar-refractivity contribution is 0.414. The molecule has 3 aromatic rings. The summed E-state index contributed by atoms with van der Waals surface area (Å²) in [5.74, 6) is 1.12. The summed E-state index contributed by atoms with van der Waals surface area (Å²) in [7, 11) is 1.62. The first-order chi connectivity index (χ1) is 10.8. The molecule has 3 rings (SSSR count). The first kappa shape index (κ1) is 14.5. The minimum Gasteiger partial charge on any atom is -0.497 e. The fraction of sp³-hybridized carbons (Fsp3) is 0.133. The molecule has 1 heterocycles. The zero-order valence-electron chi connectivity index (χ0n) is 11.8. The summed E-state index contributed by atoms with van der Waals surface area (Å²) in [4.78, 5) is 0. The van der Waals surface area contributed by atoms with Crippen LogP contribution >= 0.6 is 11.8 Å². The van der Waals surface area contributed by atoms with Gasteiger partial charge in [0, 0.05) is 5.75 Å². The zero-order chi connectivity index (χ0) is 15.4. The van der Waals surface area contributed by atoms with Crippen molar-refractivity contribution in [2.75, 3.05) is 7.11 Å². The Morgan fingerprint density at radius 1 is 1.18 bits per heavy atom. The number of thioether (sulfide) groups is 1. The number of benzene rings is 2. The Kier molecular flexibility index (Phi) is 4.34. The third-order valence-electron chi connectivity index (χ3n) is 3.01. The lowest BCUT2D eigenvalue weighted by atomic mass is 10.2. The largest absolute Gasteiger partial charge is 0.497 e. The van der Waals surface area contributed by atoms with Crippen LogP contribution in [0.4, 0.5) is 4.39 Å². The Balaban J connectivity index is 1.76. The van der Waals surface area contributed by atoms with Gasteiger partial charge in [0.15, 0.2) is 0 Å². The van der Waals surface area contributed by atoms with Crippen LogP contribution in [0.15, 0.2) is 53.7 Å². The van der Waals surface area contributed by atoms with Crippen LogP contribution in [0.3, 0.4) is 0 Å². The Bertz CT molecular complexity index is 760. The molecule has 2 aromatic carbocycles. The summed E-state index contributed by atoms with van der Waals surface area (Å²) in [5.41, 5.74) is 1.72. The molecule has 0 saturated carbocycles. The van der Waals surface area contributed by atoms with Gasteiger partial charge in [-0.1, -0.05) is 23.9 Å². The monoisotopic (exact) mass is 316 g/mol. The highest BCUT2D eigenvalue weighted by atomic mass is 32.2. The predicted octanol–water partition coefficient (Wildman–Crippen LogP) is 3.10. The highest BCUT2D eigenvalue weighted by molar-refractivity contribution is 7.98. The first-order valence-electron chi connectivity index (χ1n) is 6.56. The average molecular weight is 316 g/mol. The van der Waals surface area contributed by atoms with E-state index in [1.54, 1.807) is 17.9 Å². The number of ether oxygens (including phenoxy) is 1. The second-order valence-electron chi connectivity index (χ2n) is 4.49. The van der Waals surface area contributed by atoms with E-state index >= 15 is 0 Å². The molecule has 0 unspecified atom stereocenters. The van der Waals surface area contributed by atoms with Crippen LogP contribution in [-0.4, -0.2) is 27.3 Å². The van der Waals surface area contributed by atoms with E-state index in [1.165, 1.54) is 23.9 Å². The normalized spacial score (nSPS) is 10.6. The van der Waals surface area contributed by atoms with Gasteiger partial charge >= 0.3 is 0 Å². The van der Waals surface area contributed by atoms with Crippen molar-refractivity contribution in [3.63, 3.8) is 0 Å². The van der Waals surface area contributed by atoms with E-state index in [9.17, 15) is 4.39 Å². The molecular formula is C15H13FN4OS. The van der Waals surface area contributed by atoms with E-state index in [1.807, 2.05) is 30.3 Å². The van der Waals surface area contributed by atoms with Crippen LogP contribution < -0.4 is 4.74 Å². The Morgan fingerprint density at radius 3 is 2.73 bits per heavy atom. The Morgan fingerprint density at radius 2 is 2.00 bits per heavy atom. The molecule has 0 aliphatic carbocycles. The molecule has 0 aliphatic rings. The molecule has 0 bridgehead atoms. The highest BCUT2D eigenvalue weighted by Gasteiger charge is 2.09. The van der Waals surface area contributed by atoms with Gasteiger partial charge < -0.3 is 4.74 Å². The van der Waals surface area contributed by atoms with Gasteiger partial charge in [-0.2, -0.15) is 4.68 Å². The number of hydrogen-bond acceptors (Lipinski definition) is 5. The van der Waals surface area contributed by atoms with E-state index in [0.29, 0.717) is 10.9 Å². The van der Waals surface area contributed by atoms with Gasteiger partial charge in [-0.05, 0) is 52.4 Å². The lowest BCUT2D eigenvalue weighted by Crippen LogP contribution is -1.99. The molecule has 0 N–H and O–H groups in total. The fourth-order valence-corrected chi connectivity index (χ4v) is 2.76. The highest BCUT2D eigenvalue weighted by Crippen LogP contribution is 2.23. The van der Waals surface area contributed by atoms with Crippen molar-refractivity contribution in [2.24, 2.45) is 0 Å². The SMILES string of the molecule is COc1ccc(-n2nnnc2SCc2cccc(F)c2)cc1. The van der Waals surface area contributed by atoms with Crippen LogP contribution in [0.25, 0.3) is 5.69 Å². The van der Waals surface area contributed by atoms with Crippen LogP contribution in [0.2, 0.25) is 0 Å². The quantitative estimate of drug-likeness (QED) is 0.677. The summed E-state index contributed by atoms with van der Waals surface area (Å²) in [5, 5.41) is 12.4. The number of hydrogen-bond donors (Lipinski definition) is 0. The van der Waals surface area contributed by atoms with Gasteiger partial charge in [0.1, 0.15) is 11.6 Å². The number of nitrogens with zero attached hydrogens (tertiary/aromatic N) is 4. The number of tetrazole rings is 1. The minimum absolute atomic E-state index is 0.243. The van der Waals surface area contributed by atoms with Gasteiger partial charge in [-0.25, -0.2) is 4.39 Å². The summed E-state index contributed by atoms with van der Waals surface area (Å²) in [6, 6.07) is 13.9. The number of halogens is 1. The van der Waals surface area contributed by atoms with Crippen LogP contribution in [0.1, 0.15) is 5.56 Å². The lowest BCUT2D eigenvalue weighted by Gasteiger charge is -2.05. The van der Waals surface area contributed by atoms with Gasteiger partial charge in [0.2, 0.25) is 5.16 Å². The molecule has 7 heteroatoms. The predicted molar refractivity (Wildman–Crippen MR) is 81.7 cm³/mol. The molecule has 22 heavy (non-hydrogen) atoms. The van der Waals surface area contributed by atoms with Crippen molar-refractivity contribution in [1.82, 2.24) is 20.2 Å². The number of aromatic nitrogens is 4. The smallest absolute Gasteiger partial charge is 0.214 e. The fourth-order valence-electron chi connectivity index (χ4n) is 1.93. The van der Waals surface area contributed by atoms with Crippen molar-refractivity contribution in [1.29, 1.82) is 0 Å². The molecule has 1 aromatic heterocycles. The molecular weight excluding hydrogens is 303 g/mol. The second kappa shape index (κ2) is 6.57. The molecule has 0 saturated heterocycles. The molecule has 0 aliphatic heterocycles. The van der Waals surface area contributed by atoms with Crippen molar-refractivity contribution in [3.05, 3.63) is 59.9 Å². The summed E-state index contributed by atoms with van der Waals surface area (Å²) >= 11 is 1.45. The third-order valence-corrected chi connectivity index (χ3v) is 4.01.